The fourth-order valence-corrected chi connectivity index (χ4v) is 2.50. The molecule has 0 bridgehead atoms. The van der Waals surface area contributed by atoms with Gasteiger partial charge in [0.05, 0.1) is 5.01 Å². The molecular weight excluding hydrogens is 246 g/mol. The average molecular weight is 261 g/mol. The lowest BCUT2D eigenvalue weighted by molar-refractivity contribution is -0.114. The number of thiazole rings is 1. The first-order valence-electron chi connectivity index (χ1n) is 5.67. The summed E-state index contributed by atoms with van der Waals surface area (Å²) < 4.78 is 0. The summed E-state index contributed by atoms with van der Waals surface area (Å²) in [6, 6.07) is 7.79. The lowest BCUT2D eigenvalue weighted by Gasteiger charge is -2.04. The fourth-order valence-electron chi connectivity index (χ4n) is 1.66. The van der Waals surface area contributed by atoms with Crippen molar-refractivity contribution < 1.29 is 4.79 Å². The van der Waals surface area contributed by atoms with Crippen LogP contribution in [0.5, 0.6) is 0 Å². The van der Waals surface area contributed by atoms with Gasteiger partial charge in [0.25, 0.3) is 0 Å². The summed E-state index contributed by atoms with van der Waals surface area (Å²) in [4.78, 5) is 16.4. The van der Waals surface area contributed by atoms with Gasteiger partial charge in [-0.15, -0.1) is 11.3 Å². The molecule has 0 saturated carbocycles. The second-order valence-corrected chi connectivity index (χ2v) is 5.18. The van der Waals surface area contributed by atoms with Crippen LogP contribution in [-0.4, -0.2) is 10.9 Å². The topological polar surface area (TPSA) is 68.0 Å². The second kappa shape index (κ2) is 5.75. The van der Waals surface area contributed by atoms with Gasteiger partial charge in [0.15, 0.2) is 0 Å². The van der Waals surface area contributed by atoms with Crippen LogP contribution in [0.15, 0.2) is 30.5 Å². The zero-order chi connectivity index (χ0) is 13.0. The number of nitrogens with zero attached hydrogens (tertiary/aromatic N) is 1. The highest BCUT2D eigenvalue weighted by atomic mass is 32.1. The van der Waals surface area contributed by atoms with Crippen molar-refractivity contribution in [1.29, 1.82) is 0 Å². The van der Waals surface area contributed by atoms with Crippen LogP contribution in [0.25, 0.3) is 0 Å². The SMILES string of the molecule is CC(=O)Nc1cccc(Cc2ncc(CN)s2)c1. The Labute approximate surface area is 110 Å². The van der Waals surface area contributed by atoms with Crippen LogP contribution in [-0.2, 0) is 17.8 Å². The van der Waals surface area contributed by atoms with Crippen LogP contribution in [0.2, 0.25) is 0 Å². The monoisotopic (exact) mass is 261 g/mol. The number of hydrogen-bond acceptors (Lipinski definition) is 4. The Morgan fingerprint density at radius 3 is 3.00 bits per heavy atom. The van der Waals surface area contributed by atoms with Crippen molar-refractivity contribution >= 4 is 22.9 Å². The van der Waals surface area contributed by atoms with Gasteiger partial charge >= 0.3 is 0 Å². The predicted molar refractivity (Wildman–Crippen MR) is 73.6 cm³/mol. The van der Waals surface area contributed by atoms with Crippen molar-refractivity contribution in [2.24, 2.45) is 5.73 Å². The maximum atomic E-state index is 11.0. The summed E-state index contributed by atoms with van der Waals surface area (Å²) in [6.45, 7) is 2.03. The minimum Gasteiger partial charge on any atom is -0.326 e. The lowest BCUT2D eigenvalue weighted by Crippen LogP contribution is -2.05. The van der Waals surface area contributed by atoms with Crippen molar-refractivity contribution in [2.75, 3.05) is 5.32 Å². The van der Waals surface area contributed by atoms with Crippen LogP contribution < -0.4 is 11.1 Å². The molecule has 1 aromatic carbocycles. The zero-order valence-electron chi connectivity index (χ0n) is 10.1. The van der Waals surface area contributed by atoms with Crippen LogP contribution in [0.3, 0.4) is 0 Å². The highest BCUT2D eigenvalue weighted by Crippen LogP contribution is 2.18. The Morgan fingerprint density at radius 2 is 2.33 bits per heavy atom. The molecule has 0 aliphatic rings. The number of anilines is 1. The van der Waals surface area contributed by atoms with E-state index in [4.69, 9.17) is 5.73 Å². The molecule has 1 amide bonds. The molecule has 0 spiro atoms. The van der Waals surface area contributed by atoms with E-state index >= 15 is 0 Å². The van der Waals surface area contributed by atoms with Crippen molar-refractivity contribution in [3.8, 4) is 0 Å². The van der Waals surface area contributed by atoms with Crippen molar-refractivity contribution in [2.45, 2.75) is 19.9 Å². The molecule has 1 aromatic heterocycles. The number of carbonyl (C=O) groups excluding carboxylic acids is 1. The Kier molecular flexibility index (Phi) is 4.07. The van der Waals surface area contributed by atoms with Gasteiger partial charge in [-0.05, 0) is 17.7 Å². The number of nitrogens with one attached hydrogen (secondary N) is 1. The van der Waals surface area contributed by atoms with Gasteiger partial charge in [0.1, 0.15) is 0 Å². The maximum absolute atomic E-state index is 11.0. The van der Waals surface area contributed by atoms with E-state index in [1.807, 2.05) is 30.5 Å². The summed E-state index contributed by atoms with van der Waals surface area (Å²) in [5.74, 6) is -0.0631. The molecule has 3 N–H and O–H groups in total. The third-order valence-electron chi connectivity index (χ3n) is 2.41. The summed E-state index contributed by atoms with van der Waals surface area (Å²) in [6.07, 6.45) is 2.58. The highest BCUT2D eigenvalue weighted by Gasteiger charge is 2.03. The number of nitrogens with two attached hydrogens (primary N) is 1. The number of hydrogen-bond donors (Lipinski definition) is 2. The maximum Gasteiger partial charge on any atom is 0.221 e. The van der Waals surface area contributed by atoms with Crippen LogP contribution in [0.4, 0.5) is 5.69 Å². The van der Waals surface area contributed by atoms with Crippen molar-refractivity contribution in [3.05, 3.63) is 45.9 Å². The van der Waals surface area contributed by atoms with E-state index in [1.54, 1.807) is 11.3 Å². The zero-order valence-corrected chi connectivity index (χ0v) is 11.0. The highest BCUT2D eigenvalue weighted by molar-refractivity contribution is 7.11. The van der Waals surface area contributed by atoms with E-state index in [2.05, 4.69) is 10.3 Å². The summed E-state index contributed by atoms with van der Waals surface area (Å²) in [5.41, 5.74) is 7.50. The van der Waals surface area contributed by atoms with Gasteiger partial charge in [0.2, 0.25) is 5.91 Å². The number of benzene rings is 1. The van der Waals surface area contributed by atoms with E-state index in [1.165, 1.54) is 6.92 Å². The Hall–Kier alpha value is -1.72. The number of amides is 1. The number of aromatic nitrogens is 1. The Balaban J connectivity index is 2.11. The number of carbonyl (C=O) groups is 1. The smallest absolute Gasteiger partial charge is 0.221 e. The lowest BCUT2D eigenvalue weighted by atomic mass is 10.1. The summed E-state index contributed by atoms with van der Waals surface area (Å²) >= 11 is 1.62. The Morgan fingerprint density at radius 1 is 1.50 bits per heavy atom. The molecule has 4 nitrogen and oxygen atoms in total. The molecule has 5 heteroatoms. The van der Waals surface area contributed by atoms with Crippen molar-refractivity contribution in [3.63, 3.8) is 0 Å². The third-order valence-corrected chi connectivity index (χ3v) is 3.42. The predicted octanol–water partition coefficient (Wildman–Crippen LogP) is 2.15. The van der Waals surface area contributed by atoms with E-state index in [0.29, 0.717) is 6.54 Å². The first kappa shape index (κ1) is 12.7. The molecule has 0 atom stereocenters. The third kappa shape index (κ3) is 3.38. The second-order valence-electron chi connectivity index (χ2n) is 3.98. The largest absolute Gasteiger partial charge is 0.326 e. The summed E-state index contributed by atoms with van der Waals surface area (Å²) in [7, 11) is 0. The minimum atomic E-state index is -0.0631. The molecule has 0 radical (unpaired) electrons. The van der Waals surface area contributed by atoms with E-state index < -0.39 is 0 Å². The molecule has 0 aliphatic heterocycles. The first-order valence-corrected chi connectivity index (χ1v) is 6.49. The van der Waals surface area contributed by atoms with Gasteiger partial charge in [-0.3, -0.25) is 4.79 Å². The molecule has 0 aliphatic carbocycles. The average Bonchev–Trinajstić information content (AvgIpc) is 2.76. The fraction of sp³-hybridized carbons (Fsp3) is 0.231. The van der Waals surface area contributed by atoms with Crippen LogP contribution in [0.1, 0.15) is 22.4 Å². The van der Waals surface area contributed by atoms with Crippen LogP contribution in [0, 0.1) is 0 Å². The van der Waals surface area contributed by atoms with Gasteiger partial charge in [-0.2, -0.15) is 0 Å². The molecule has 0 saturated heterocycles. The molecule has 0 fully saturated rings. The molecule has 1 heterocycles. The van der Waals surface area contributed by atoms with Gasteiger partial charge in [-0.1, -0.05) is 12.1 Å². The number of rotatable bonds is 4. The molecule has 94 valence electrons. The Bertz CT molecular complexity index is 551. The minimum absolute atomic E-state index is 0.0631. The van der Waals surface area contributed by atoms with Gasteiger partial charge < -0.3 is 11.1 Å². The standard InChI is InChI=1S/C13H15N3OS/c1-9(17)16-11-4-2-3-10(5-11)6-13-15-8-12(7-14)18-13/h2-5,8H,6-7,14H2,1H3,(H,16,17). The molecule has 2 aromatic rings. The molecular formula is C13H15N3OS. The van der Waals surface area contributed by atoms with Crippen LogP contribution >= 0.6 is 11.3 Å². The molecule has 0 unspecified atom stereocenters. The van der Waals surface area contributed by atoms with Gasteiger partial charge in [-0.25, -0.2) is 4.98 Å². The van der Waals surface area contributed by atoms with E-state index in [0.717, 1.165) is 27.6 Å². The summed E-state index contributed by atoms with van der Waals surface area (Å²) in [5, 5.41) is 3.81. The van der Waals surface area contributed by atoms with Gasteiger partial charge in [0, 0.05) is 36.7 Å². The van der Waals surface area contributed by atoms with Crippen molar-refractivity contribution in [1.82, 2.24) is 4.98 Å². The first-order chi connectivity index (χ1) is 8.67. The molecule has 18 heavy (non-hydrogen) atoms. The molecule has 2 rings (SSSR count). The van der Waals surface area contributed by atoms with E-state index in [9.17, 15) is 4.79 Å². The van der Waals surface area contributed by atoms with E-state index in [-0.39, 0.29) is 5.91 Å². The normalized spacial score (nSPS) is 10.3. The quantitative estimate of drug-likeness (QED) is 0.886.